The monoisotopic (exact) mass is 405 g/mol. The maximum absolute atomic E-state index is 11.8. The molecule has 0 aliphatic heterocycles. The number of hydrogen-bond acceptors (Lipinski definition) is 4. The largest absolute Gasteiger partial charge is 0.461 e. The molecule has 0 aliphatic carbocycles. The summed E-state index contributed by atoms with van der Waals surface area (Å²) in [6.07, 6.45) is -0.509. The summed E-state index contributed by atoms with van der Waals surface area (Å²) in [5.41, 5.74) is 1.84. The van der Waals surface area contributed by atoms with Crippen molar-refractivity contribution in [2.24, 2.45) is 0 Å². The van der Waals surface area contributed by atoms with Crippen LogP contribution in [0.5, 0.6) is 0 Å². The molecule has 6 heteroatoms. The number of ether oxygens (including phenoxy) is 2. The number of rotatable bonds is 3. The van der Waals surface area contributed by atoms with Crippen LogP contribution in [-0.4, -0.2) is 17.7 Å². The molecule has 0 bridgehead atoms. The van der Waals surface area contributed by atoms with E-state index in [4.69, 9.17) is 9.47 Å². The smallest absolute Gasteiger partial charge is 0.412 e. The molecule has 1 aromatic carbocycles. The number of aryl methyl sites for hydroxylation is 1. The van der Waals surface area contributed by atoms with Crippen molar-refractivity contribution in [1.29, 1.82) is 0 Å². The number of benzene rings is 1. The van der Waals surface area contributed by atoms with Crippen LogP contribution in [0, 0.1) is 10.5 Å². The number of esters is 1. The standard InChI is InChI=1S/C15H20INO4/c1-9-6-12(16)11(8-20-10(2)18)7-13(9)17-14(19)21-15(3,4)5/h6-7H,8H2,1-5H3,(H,17,19). The molecule has 21 heavy (non-hydrogen) atoms. The van der Waals surface area contributed by atoms with Gasteiger partial charge < -0.3 is 9.47 Å². The highest BCUT2D eigenvalue weighted by molar-refractivity contribution is 14.1. The quantitative estimate of drug-likeness (QED) is 0.610. The van der Waals surface area contributed by atoms with Crippen molar-refractivity contribution in [2.45, 2.75) is 46.8 Å². The van der Waals surface area contributed by atoms with Crippen LogP contribution in [-0.2, 0) is 20.9 Å². The maximum Gasteiger partial charge on any atom is 0.412 e. The van der Waals surface area contributed by atoms with Crippen molar-refractivity contribution < 1.29 is 19.1 Å². The Balaban J connectivity index is 2.89. The van der Waals surface area contributed by atoms with Gasteiger partial charge in [0.05, 0.1) is 0 Å². The predicted molar refractivity (Wildman–Crippen MR) is 89.2 cm³/mol. The second-order valence-electron chi connectivity index (χ2n) is 5.67. The van der Waals surface area contributed by atoms with Gasteiger partial charge in [-0.15, -0.1) is 0 Å². The molecule has 0 saturated carbocycles. The van der Waals surface area contributed by atoms with Gasteiger partial charge in [-0.05, 0) is 68.0 Å². The zero-order chi connectivity index (χ0) is 16.2. The Labute approximate surface area is 138 Å². The minimum atomic E-state index is -0.554. The summed E-state index contributed by atoms with van der Waals surface area (Å²) in [7, 11) is 0. The molecular formula is C15H20INO4. The first-order valence-corrected chi connectivity index (χ1v) is 7.59. The van der Waals surface area contributed by atoms with E-state index in [1.54, 1.807) is 26.8 Å². The molecule has 0 saturated heterocycles. The number of amides is 1. The summed E-state index contributed by atoms with van der Waals surface area (Å²) in [5, 5.41) is 2.72. The number of hydrogen-bond donors (Lipinski definition) is 1. The van der Waals surface area contributed by atoms with Gasteiger partial charge in [-0.1, -0.05) is 0 Å². The molecule has 1 rings (SSSR count). The summed E-state index contributed by atoms with van der Waals surface area (Å²) < 4.78 is 11.2. The van der Waals surface area contributed by atoms with Crippen molar-refractivity contribution in [2.75, 3.05) is 5.32 Å². The first kappa shape index (κ1) is 17.7. The normalized spacial score (nSPS) is 11.0. The second kappa shape index (κ2) is 7.11. The molecule has 0 radical (unpaired) electrons. The highest BCUT2D eigenvalue weighted by Gasteiger charge is 2.17. The third-order valence-corrected chi connectivity index (χ3v) is 3.46. The van der Waals surface area contributed by atoms with Crippen LogP contribution in [0.25, 0.3) is 0 Å². The topological polar surface area (TPSA) is 64.6 Å². The van der Waals surface area contributed by atoms with Crippen LogP contribution in [0.4, 0.5) is 10.5 Å². The Kier molecular flexibility index (Phi) is 6.00. The fourth-order valence-electron chi connectivity index (χ4n) is 1.56. The lowest BCUT2D eigenvalue weighted by atomic mass is 10.1. The van der Waals surface area contributed by atoms with E-state index in [-0.39, 0.29) is 12.6 Å². The van der Waals surface area contributed by atoms with Gasteiger partial charge >= 0.3 is 12.1 Å². The molecule has 0 aromatic heterocycles. The van der Waals surface area contributed by atoms with Crippen LogP contribution in [0.1, 0.15) is 38.8 Å². The SMILES string of the molecule is CC(=O)OCc1cc(NC(=O)OC(C)(C)C)c(C)cc1I. The van der Waals surface area contributed by atoms with Gasteiger partial charge in [0.25, 0.3) is 0 Å². The molecule has 0 spiro atoms. The van der Waals surface area contributed by atoms with E-state index >= 15 is 0 Å². The molecule has 0 unspecified atom stereocenters. The van der Waals surface area contributed by atoms with Gasteiger partial charge in [-0.25, -0.2) is 4.79 Å². The van der Waals surface area contributed by atoms with Crippen molar-refractivity contribution in [3.05, 3.63) is 26.8 Å². The Morgan fingerprint density at radius 2 is 1.90 bits per heavy atom. The van der Waals surface area contributed by atoms with Crippen LogP contribution in [0.15, 0.2) is 12.1 Å². The Morgan fingerprint density at radius 1 is 1.29 bits per heavy atom. The van der Waals surface area contributed by atoms with Crippen molar-refractivity contribution in [3.8, 4) is 0 Å². The number of carbonyl (C=O) groups excluding carboxylic acids is 2. The molecule has 1 N–H and O–H groups in total. The van der Waals surface area contributed by atoms with Gasteiger partial charge in [0.2, 0.25) is 0 Å². The highest BCUT2D eigenvalue weighted by Crippen LogP contribution is 2.24. The summed E-state index contributed by atoms with van der Waals surface area (Å²) in [6.45, 7) is 8.85. The lowest BCUT2D eigenvalue weighted by molar-refractivity contribution is -0.142. The Morgan fingerprint density at radius 3 is 2.43 bits per heavy atom. The van der Waals surface area contributed by atoms with E-state index in [9.17, 15) is 9.59 Å². The van der Waals surface area contributed by atoms with Gasteiger partial charge in [0, 0.05) is 21.7 Å². The van der Waals surface area contributed by atoms with Crippen LogP contribution < -0.4 is 5.32 Å². The number of anilines is 1. The Hall–Kier alpha value is -1.31. The van der Waals surface area contributed by atoms with E-state index in [0.717, 1.165) is 14.7 Å². The summed E-state index contributed by atoms with van der Waals surface area (Å²) in [6, 6.07) is 3.72. The van der Waals surface area contributed by atoms with E-state index in [0.29, 0.717) is 5.69 Å². The van der Waals surface area contributed by atoms with Gasteiger partial charge in [-0.2, -0.15) is 0 Å². The van der Waals surface area contributed by atoms with E-state index < -0.39 is 11.7 Å². The average Bonchev–Trinajstić information content (AvgIpc) is 2.28. The van der Waals surface area contributed by atoms with E-state index in [1.807, 2.05) is 13.0 Å². The predicted octanol–water partition coefficient (Wildman–Crippen LogP) is 4.01. The zero-order valence-electron chi connectivity index (χ0n) is 12.9. The zero-order valence-corrected chi connectivity index (χ0v) is 15.0. The molecule has 1 amide bonds. The molecule has 0 atom stereocenters. The maximum atomic E-state index is 11.8. The molecule has 0 aliphatic rings. The summed E-state index contributed by atoms with van der Waals surface area (Å²) in [4.78, 5) is 22.7. The fraction of sp³-hybridized carbons (Fsp3) is 0.467. The summed E-state index contributed by atoms with van der Waals surface area (Å²) >= 11 is 2.17. The molecule has 0 heterocycles. The molecular weight excluding hydrogens is 385 g/mol. The summed E-state index contributed by atoms with van der Waals surface area (Å²) in [5.74, 6) is -0.340. The molecule has 1 aromatic rings. The average molecular weight is 405 g/mol. The second-order valence-corrected chi connectivity index (χ2v) is 6.83. The van der Waals surface area contributed by atoms with Crippen molar-refractivity contribution >= 4 is 40.3 Å². The van der Waals surface area contributed by atoms with Crippen LogP contribution in [0.2, 0.25) is 0 Å². The highest BCUT2D eigenvalue weighted by atomic mass is 127. The van der Waals surface area contributed by atoms with E-state index in [1.165, 1.54) is 6.92 Å². The van der Waals surface area contributed by atoms with Gasteiger partial charge in [0.15, 0.2) is 0 Å². The Bertz CT molecular complexity index is 549. The van der Waals surface area contributed by atoms with Gasteiger partial charge in [0.1, 0.15) is 12.2 Å². The van der Waals surface area contributed by atoms with E-state index in [2.05, 4.69) is 27.9 Å². The molecule has 5 nitrogen and oxygen atoms in total. The van der Waals surface area contributed by atoms with Crippen LogP contribution in [0.3, 0.4) is 0 Å². The van der Waals surface area contributed by atoms with Gasteiger partial charge in [-0.3, -0.25) is 10.1 Å². The van der Waals surface area contributed by atoms with Crippen LogP contribution >= 0.6 is 22.6 Å². The van der Waals surface area contributed by atoms with Crippen molar-refractivity contribution in [1.82, 2.24) is 0 Å². The fourth-order valence-corrected chi connectivity index (χ4v) is 2.33. The lowest BCUT2D eigenvalue weighted by Gasteiger charge is -2.20. The number of halogens is 1. The number of nitrogens with one attached hydrogen (secondary N) is 1. The molecule has 0 fully saturated rings. The minimum absolute atomic E-state index is 0.177. The third kappa shape index (κ3) is 6.33. The first-order valence-electron chi connectivity index (χ1n) is 6.51. The molecule has 116 valence electrons. The van der Waals surface area contributed by atoms with Crippen molar-refractivity contribution in [3.63, 3.8) is 0 Å². The first-order chi connectivity index (χ1) is 9.58. The minimum Gasteiger partial charge on any atom is -0.461 e. The number of carbonyl (C=O) groups is 2. The lowest BCUT2D eigenvalue weighted by Crippen LogP contribution is -2.27. The third-order valence-electron chi connectivity index (χ3n) is 2.46.